The van der Waals surface area contributed by atoms with Gasteiger partial charge in [0.2, 0.25) is 5.95 Å². The fraction of sp³-hybridized carbons (Fsp3) is 0.167. The third-order valence-electron chi connectivity index (χ3n) is 2.09. The summed E-state index contributed by atoms with van der Waals surface area (Å²) in [6.07, 6.45) is 1.65. The van der Waals surface area contributed by atoms with Crippen molar-refractivity contribution in [2.24, 2.45) is 0 Å². The monoisotopic (exact) mass is 232 g/mol. The van der Waals surface area contributed by atoms with Gasteiger partial charge >= 0.3 is 0 Å². The van der Waals surface area contributed by atoms with Crippen molar-refractivity contribution in [1.29, 1.82) is 0 Å². The normalized spacial score (nSPS) is 10.0. The molecule has 0 atom stereocenters. The molecule has 17 heavy (non-hydrogen) atoms. The van der Waals surface area contributed by atoms with Crippen LogP contribution in [0, 0.1) is 5.82 Å². The molecule has 0 aliphatic heterocycles. The van der Waals surface area contributed by atoms with Gasteiger partial charge in [0.15, 0.2) is 0 Å². The molecule has 0 unspecified atom stereocenters. The van der Waals surface area contributed by atoms with Crippen LogP contribution in [0.4, 0.5) is 21.8 Å². The zero-order chi connectivity index (χ0) is 12.1. The summed E-state index contributed by atoms with van der Waals surface area (Å²) in [5.41, 5.74) is 0.658. The number of aromatic nitrogens is 2. The van der Waals surface area contributed by atoms with E-state index >= 15 is 0 Å². The zero-order valence-electron chi connectivity index (χ0n) is 9.44. The molecular weight excluding hydrogens is 219 g/mol. The van der Waals surface area contributed by atoms with Gasteiger partial charge in [-0.3, -0.25) is 0 Å². The second-order valence-corrected chi connectivity index (χ2v) is 3.43. The first-order chi connectivity index (χ1) is 8.28. The average Bonchev–Trinajstić information content (AvgIpc) is 2.30. The topological polar surface area (TPSA) is 49.8 Å². The Kier molecular flexibility index (Phi) is 3.49. The molecule has 0 spiro atoms. The Hall–Kier alpha value is -2.17. The summed E-state index contributed by atoms with van der Waals surface area (Å²) >= 11 is 0. The van der Waals surface area contributed by atoms with Gasteiger partial charge in [-0.25, -0.2) is 9.37 Å². The quantitative estimate of drug-likeness (QED) is 0.851. The lowest BCUT2D eigenvalue weighted by Crippen LogP contribution is -2.03. The van der Waals surface area contributed by atoms with Crippen LogP contribution in [-0.2, 0) is 0 Å². The Morgan fingerprint density at radius 3 is 2.94 bits per heavy atom. The minimum Gasteiger partial charge on any atom is -0.354 e. The van der Waals surface area contributed by atoms with E-state index in [4.69, 9.17) is 0 Å². The molecule has 0 bridgehead atoms. The van der Waals surface area contributed by atoms with Crippen molar-refractivity contribution in [2.75, 3.05) is 17.2 Å². The van der Waals surface area contributed by atoms with Crippen molar-refractivity contribution < 1.29 is 4.39 Å². The van der Waals surface area contributed by atoms with E-state index in [9.17, 15) is 4.39 Å². The van der Waals surface area contributed by atoms with Crippen LogP contribution in [0.1, 0.15) is 6.92 Å². The van der Waals surface area contributed by atoms with Gasteiger partial charge in [-0.05, 0) is 31.2 Å². The molecule has 2 rings (SSSR count). The highest BCUT2D eigenvalue weighted by molar-refractivity contribution is 5.56. The number of nitrogens with one attached hydrogen (secondary N) is 2. The molecule has 1 heterocycles. The van der Waals surface area contributed by atoms with E-state index in [1.165, 1.54) is 12.1 Å². The molecule has 4 nitrogen and oxygen atoms in total. The summed E-state index contributed by atoms with van der Waals surface area (Å²) in [5, 5.41) is 6.02. The molecule has 0 radical (unpaired) electrons. The smallest absolute Gasteiger partial charge is 0.224 e. The largest absolute Gasteiger partial charge is 0.354 e. The molecule has 0 fully saturated rings. The highest BCUT2D eigenvalue weighted by Gasteiger charge is 1.99. The lowest BCUT2D eigenvalue weighted by molar-refractivity contribution is 0.628. The van der Waals surface area contributed by atoms with E-state index in [1.54, 1.807) is 24.4 Å². The second-order valence-electron chi connectivity index (χ2n) is 3.43. The molecule has 1 aromatic carbocycles. The molecule has 88 valence electrons. The van der Waals surface area contributed by atoms with Gasteiger partial charge in [0.05, 0.1) is 0 Å². The number of benzene rings is 1. The van der Waals surface area contributed by atoms with Crippen molar-refractivity contribution in [1.82, 2.24) is 9.97 Å². The molecule has 5 heteroatoms. The second kappa shape index (κ2) is 5.25. The predicted molar refractivity (Wildman–Crippen MR) is 65.9 cm³/mol. The van der Waals surface area contributed by atoms with Crippen molar-refractivity contribution in [3.8, 4) is 0 Å². The minimum absolute atomic E-state index is 0.282. The molecular formula is C12H13FN4. The van der Waals surface area contributed by atoms with Crippen LogP contribution in [0.2, 0.25) is 0 Å². The van der Waals surface area contributed by atoms with Gasteiger partial charge in [0.25, 0.3) is 0 Å². The van der Waals surface area contributed by atoms with E-state index in [0.717, 1.165) is 6.54 Å². The average molecular weight is 232 g/mol. The lowest BCUT2D eigenvalue weighted by atomic mass is 10.3. The van der Waals surface area contributed by atoms with Gasteiger partial charge in [-0.2, -0.15) is 4.98 Å². The van der Waals surface area contributed by atoms with Crippen LogP contribution >= 0.6 is 0 Å². The van der Waals surface area contributed by atoms with Crippen LogP contribution in [0.3, 0.4) is 0 Å². The maximum atomic E-state index is 13.0. The summed E-state index contributed by atoms with van der Waals surface area (Å²) in [7, 11) is 0. The van der Waals surface area contributed by atoms with Gasteiger partial charge in [0, 0.05) is 18.4 Å². The van der Waals surface area contributed by atoms with Crippen LogP contribution in [0.25, 0.3) is 0 Å². The fourth-order valence-corrected chi connectivity index (χ4v) is 1.39. The highest BCUT2D eigenvalue weighted by Crippen LogP contribution is 2.15. The highest BCUT2D eigenvalue weighted by atomic mass is 19.1. The first-order valence-electron chi connectivity index (χ1n) is 5.37. The summed E-state index contributed by atoms with van der Waals surface area (Å²) in [6, 6.07) is 7.96. The summed E-state index contributed by atoms with van der Waals surface area (Å²) in [4.78, 5) is 8.28. The van der Waals surface area contributed by atoms with Gasteiger partial charge in [-0.1, -0.05) is 6.07 Å². The SMILES string of the molecule is CCNc1nccc(Nc2cccc(F)c2)n1. The van der Waals surface area contributed by atoms with Crippen molar-refractivity contribution in [3.63, 3.8) is 0 Å². The van der Waals surface area contributed by atoms with Crippen molar-refractivity contribution in [3.05, 3.63) is 42.3 Å². The van der Waals surface area contributed by atoms with Crippen molar-refractivity contribution >= 4 is 17.5 Å². The standard InChI is InChI=1S/C12H13FN4/c1-2-14-12-15-7-6-11(17-12)16-10-5-3-4-9(13)8-10/h3-8H,2H2,1H3,(H2,14,15,16,17). The van der Waals surface area contributed by atoms with E-state index in [0.29, 0.717) is 17.5 Å². The maximum Gasteiger partial charge on any atom is 0.224 e. The predicted octanol–water partition coefficient (Wildman–Crippen LogP) is 2.79. The molecule has 0 saturated heterocycles. The fourth-order valence-electron chi connectivity index (χ4n) is 1.39. The number of anilines is 3. The van der Waals surface area contributed by atoms with Gasteiger partial charge < -0.3 is 10.6 Å². The van der Waals surface area contributed by atoms with Gasteiger partial charge in [0.1, 0.15) is 11.6 Å². The Bertz CT molecular complexity index is 501. The number of halogens is 1. The molecule has 0 aliphatic carbocycles. The first-order valence-corrected chi connectivity index (χ1v) is 5.37. The Morgan fingerprint density at radius 1 is 1.29 bits per heavy atom. The van der Waals surface area contributed by atoms with E-state index in [2.05, 4.69) is 20.6 Å². The minimum atomic E-state index is -0.282. The molecule has 0 amide bonds. The van der Waals surface area contributed by atoms with Crippen LogP contribution in [-0.4, -0.2) is 16.5 Å². The molecule has 2 N–H and O–H groups in total. The van der Waals surface area contributed by atoms with Crippen LogP contribution < -0.4 is 10.6 Å². The number of hydrogen-bond donors (Lipinski definition) is 2. The van der Waals surface area contributed by atoms with Gasteiger partial charge in [-0.15, -0.1) is 0 Å². The zero-order valence-corrected chi connectivity index (χ0v) is 9.44. The molecule has 1 aromatic heterocycles. The lowest BCUT2D eigenvalue weighted by Gasteiger charge is -2.07. The van der Waals surface area contributed by atoms with Crippen LogP contribution in [0.5, 0.6) is 0 Å². The number of rotatable bonds is 4. The molecule has 2 aromatic rings. The third-order valence-corrected chi connectivity index (χ3v) is 2.09. The molecule has 0 aliphatic rings. The van der Waals surface area contributed by atoms with E-state index in [-0.39, 0.29) is 5.82 Å². The number of hydrogen-bond acceptors (Lipinski definition) is 4. The van der Waals surface area contributed by atoms with Crippen LogP contribution in [0.15, 0.2) is 36.5 Å². The first kappa shape index (κ1) is 11.3. The Balaban J connectivity index is 2.15. The summed E-state index contributed by atoms with van der Waals surface area (Å²) in [6.45, 7) is 2.72. The number of nitrogens with zero attached hydrogens (tertiary/aromatic N) is 2. The summed E-state index contributed by atoms with van der Waals surface area (Å²) < 4.78 is 13.0. The van der Waals surface area contributed by atoms with E-state index in [1.807, 2.05) is 6.92 Å². The third kappa shape index (κ3) is 3.14. The van der Waals surface area contributed by atoms with Crippen molar-refractivity contribution in [2.45, 2.75) is 6.92 Å². The summed E-state index contributed by atoms with van der Waals surface area (Å²) in [5.74, 6) is 0.895. The van der Waals surface area contributed by atoms with E-state index < -0.39 is 0 Å². The Morgan fingerprint density at radius 2 is 2.18 bits per heavy atom. The Labute approximate surface area is 98.9 Å². The maximum absolute atomic E-state index is 13.0. The molecule has 0 saturated carbocycles.